The Bertz CT molecular complexity index is 289. The van der Waals surface area contributed by atoms with Crippen LogP contribution in [0.15, 0.2) is 11.6 Å². The first-order valence-electron chi connectivity index (χ1n) is 5.14. The first-order valence-corrected chi connectivity index (χ1v) is 8.12. The molecule has 3 unspecified atom stereocenters. The lowest BCUT2D eigenvalue weighted by atomic mass is 10.1. The number of thioether (sulfide) groups is 2. The van der Waals surface area contributed by atoms with E-state index in [0.717, 1.165) is 6.42 Å². The van der Waals surface area contributed by atoms with Gasteiger partial charge in [0.2, 0.25) is 0 Å². The second-order valence-electron chi connectivity index (χ2n) is 3.71. The highest BCUT2D eigenvalue weighted by atomic mass is 32.2. The van der Waals surface area contributed by atoms with Gasteiger partial charge in [-0.15, -0.1) is 11.3 Å². The fourth-order valence-electron chi connectivity index (χ4n) is 1.79. The van der Waals surface area contributed by atoms with Crippen molar-refractivity contribution in [3.05, 3.63) is 16.6 Å². The Morgan fingerprint density at radius 2 is 2.33 bits per heavy atom. The summed E-state index contributed by atoms with van der Waals surface area (Å²) in [5.74, 6) is 2.51. The minimum Gasteiger partial charge on any atom is -0.326 e. The van der Waals surface area contributed by atoms with Crippen molar-refractivity contribution in [1.29, 1.82) is 0 Å². The normalized spacial score (nSPS) is 28.9. The van der Waals surface area contributed by atoms with Crippen molar-refractivity contribution in [1.82, 2.24) is 4.98 Å². The first kappa shape index (κ1) is 11.8. The maximum Gasteiger partial charge on any atom is 0.0940 e. The predicted molar refractivity (Wildman–Crippen MR) is 72.0 cm³/mol. The van der Waals surface area contributed by atoms with Gasteiger partial charge >= 0.3 is 0 Å². The van der Waals surface area contributed by atoms with E-state index in [1.165, 1.54) is 16.5 Å². The van der Waals surface area contributed by atoms with E-state index in [9.17, 15) is 0 Å². The summed E-state index contributed by atoms with van der Waals surface area (Å²) in [4.78, 5) is 4.30. The Balaban J connectivity index is 1.91. The molecule has 2 heterocycles. The van der Waals surface area contributed by atoms with Crippen molar-refractivity contribution in [3.8, 4) is 0 Å². The van der Waals surface area contributed by atoms with Crippen LogP contribution in [-0.4, -0.2) is 33.0 Å². The number of nitrogens with zero attached hydrogens (tertiary/aromatic N) is 1. The molecule has 0 aliphatic carbocycles. The topological polar surface area (TPSA) is 38.9 Å². The van der Waals surface area contributed by atoms with Gasteiger partial charge in [0.15, 0.2) is 0 Å². The van der Waals surface area contributed by atoms with Crippen molar-refractivity contribution >= 4 is 34.9 Å². The molecule has 1 saturated heterocycles. The quantitative estimate of drug-likeness (QED) is 0.905. The van der Waals surface area contributed by atoms with E-state index >= 15 is 0 Å². The summed E-state index contributed by atoms with van der Waals surface area (Å²) in [5, 5.41) is 4.46. The van der Waals surface area contributed by atoms with Crippen LogP contribution in [0.1, 0.15) is 11.9 Å². The van der Waals surface area contributed by atoms with Gasteiger partial charge in [0.25, 0.3) is 0 Å². The SMILES string of the molecule is CC1SCCSC1C(N)Cc1nccs1. The average Bonchev–Trinajstić information content (AvgIpc) is 2.71. The van der Waals surface area contributed by atoms with E-state index in [0.29, 0.717) is 10.5 Å². The largest absolute Gasteiger partial charge is 0.326 e. The van der Waals surface area contributed by atoms with Gasteiger partial charge < -0.3 is 5.73 Å². The molecule has 2 rings (SSSR count). The molecule has 0 amide bonds. The third-order valence-corrected chi connectivity index (χ3v) is 6.63. The van der Waals surface area contributed by atoms with E-state index in [2.05, 4.69) is 11.9 Å². The molecule has 0 radical (unpaired) electrons. The zero-order chi connectivity index (χ0) is 10.7. The average molecular weight is 260 g/mol. The molecule has 1 aromatic rings. The van der Waals surface area contributed by atoms with E-state index in [-0.39, 0.29) is 6.04 Å². The van der Waals surface area contributed by atoms with Crippen LogP contribution < -0.4 is 5.73 Å². The molecule has 5 heteroatoms. The zero-order valence-corrected chi connectivity index (χ0v) is 11.2. The van der Waals surface area contributed by atoms with Crippen molar-refractivity contribution in [2.45, 2.75) is 29.9 Å². The van der Waals surface area contributed by atoms with Crippen LogP contribution in [0.5, 0.6) is 0 Å². The fraction of sp³-hybridized carbons (Fsp3) is 0.700. The zero-order valence-electron chi connectivity index (χ0n) is 8.76. The lowest BCUT2D eigenvalue weighted by Gasteiger charge is -2.32. The molecule has 1 aliphatic heterocycles. The van der Waals surface area contributed by atoms with E-state index in [1.54, 1.807) is 11.3 Å². The standard InChI is InChI=1S/C10H16N2S3/c1-7-10(15-5-4-13-7)8(11)6-9-12-2-3-14-9/h2-3,7-8,10H,4-6,11H2,1H3. The fourth-order valence-corrected chi connectivity index (χ4v) is 5.37. The van der Waals surface area contributed by atoms with Crippen LogP contribution in [0.2, 0.25) is 0 Å². The number of aromatic nitrogens is 1. The van der Waals surface area contributed by atoms with Gasteiger partial charge in [0.05, 0.1) is 5.01 Å². The molecule has 15 heavy (non-hydrogen) atoms. The van der Waals surface area contributed by atoms with Crippen molar-refractivity contribution < 1.29 is 0 Å². The lowest BCUT2D eigenvalue weighted by molar-refractivity contribution is 0.620. The van der Waals surface area contributed by atoms with Crippen LogP contribution in [0.4, 0.5) is 0 Å². The minimum absolute atomic E-state index is 0.254. The molecule has 0 spiro atoms. The van der Waals surface area contributed by atoms with Gasteiger partial charge in [-0.3, -0.25) is 0 Å². The van der Waals surface area contributed by atoms with Gasteiger partial charge in [-0.25, -0.2) is 4.98 Å². The molecule has 2 N–H and O–H groups in total. The van der Waals surface area contributed by atoms with Crippen molar-refractivity contribution in [2.24, 2.45) is 5.73 Å². The molecule has 0 bridgehead atoms. The smallest absolute Gasteiger partial charge is 0.0940 e. The highest BCUT2D eigenvalue weighted by Crippen LogP contribution is 2.33. The van der Waals surface area contributed by atoms with Gasteiger partial charge in [-0.2, -0.15) is 23.5 Å². The van der Waals surface area contributed by atoms with Gasteiger partial charge in [-0.1, -0.05) is 6.92 Å². The minimum atomic E-state index is 0.254. The maximum atomic E-state index is 6.26. The molecule has 1 aromatic heterocycles. The second kappa shape index (κ2) is 5.57. The predicted octanol–water partition coefficient (Wildman–Crippen LogP) is 2.25. The molecule has 0 saturated carbocycles. The number of hydrogen-bond acceptors (Lipinski definition) is 5. The summed E-state index contributed by atoms with van der Waals surface area (Å²) in [6.07, 6.45) is 2.79. The third-order valence-electron chi connectivity index (χ3n) is 2.55. The van der Waals surface area contributed by atoms with Crippen LogP contribution in [0.25, 0.3) is 0 Å². The molecule has 0 aromatic carbocycles. The number of thiazole rings is 1. The molecule has 1 aliphatic rings. The first-order chi connectivity index (χ1) is 7.27. The number of hydrogen-bond donors (Lipinski definition) is 1. The lowest BCUT2D eigenvalue weighted by Crippen LogP contribution is -2.42. The van der Waals surface area contributed by atoms with Crippen LogP contribution in [-0.2, 0) is 6.42 Å². The van der Waals surface area contributed by atoms with Crippen LogP contribution in [0, 0.1) is 0 Å². The Morgan fingerprint density at radius 1 is 1.53 bits per heavy atom. The Morgan fingerprint density at radius 3 is 3.00 bits per heavy atom. The monoisotopic (exact) mass is 260 g/mol. The van der Waals surface area contributed by atoms with Crippen LogP contribution >= 0.6 is 34.9 Å². The van der Waals surface area contributed by atoms with E-state index < -0.39 is 0 Å². The highest BCUT2D eigenvalue weighted by Gasteiger charge is 2.28. The van der Waals surface area contributed by atoms with Gasteiger partial charge in [0, 0.05) is 46.0 Å². The summed E-state index contributed by atoms with van der Waals surface area (Å²) in [6.45, 7) is 2.29. The third kappa shape index (κ3) is 3.12. The molecule has 2 nitrogen and oxygen atoms in total. The van der Waals surface area contributed by atoms with Crippen LogP contribution in [0.3, 0.4) is 0 Å². The maximum absolute atomic E-state index is 6.26. The molecule has 1 fully saturated rings. The summed E-state index contributed by atoms with van der Waals surface area (Å²) < 4.78 is 0. The summed E-state index contributed by atoms with van der Waals surface area (Å²) in [5.41, 5.74) is 6.26. The van der Waals surface area contributed by atoms with Gasteiger partial charge in [-0.05, 0) is 0 Å². The highest BCUT2D eigenvalue weighted by molar-refractivity contribution is 8.07. The second-order valence-corrected chi connectivity index (χ2v) is 7.46. The van der Waals surface area contributed by atoms with Crippen molar-refractivity contribution in [2.75, 3.05) is 11.5 Å². The number of rotatable bonds is 3. The summed E-state index contributed by atoms with van der Waals surface area (Å²) >= 11 is 5.79. The van der Waals surface area contributed by atoms with Gasteiger partial charge in [0.1, 0.15) is 0 Å². The van der Waals surface area contributed by atoms with E-state index in [4.69, 9.17) is 5.73 Å². The van der Waals surface area contributed by atoms with Crippen molar-refractivity contribution in [3.63, 3.8) is 0 Å². The Labute approximate surface area is 103 Å². The Hall–Kier alpha value is 0.290. The molecular formula is C10H16N2S3. The molecule has 3 atom stereocenters. The van der Waals surface area contributed by atoms with E-state index in [1.807, 2.05) is 35.1 Å². The summed E-state index contributed by atoms with van der Waals surface area (Å²) in [7, 11) is 0. The Kier molecular flexibility index (Phi) is 4.37. The molecule has 84 valence electrons. The number of nitrogens with two attached hydrogens (primary N) is 1. The summed E-state index contributed by atoms with van der Waals surface area (Å²) in [6, 6.07) is 0.254. The molecular weight excluding hydrogens is 244 g/mol.